The third-order valence-corrected chi connectivity index (χ3v) is 4.80. The number of hydrogen-bond acceptors (Lipinski definition) is 1. The molecule has 0 spiro atoms. The first-order chi connectivity index (χ1) is 6.81. The fourth-order valence-corrected chi connectivity index (χ4v) is 2.94. The highest BCUT2D eigenvalue weighted by atomic mass is 79.9. The van der Waals surface area contributed by atoms with E-state index in [0.29, 0.717) is 0 Å². The quantitative estimate of drug-likeness (QED) is 0.396. The minimum atomic E-state index is 0.833. The van der Waals surface area contributed by atoms with Crippen LogP contribution < -0.4 is 0 Å². The Morgan fingerprint density at radius 2 is 1.71 bits per heavy atom. The molecule has 0 saturated carbocycles. The Bertz CT molecular complexity index is 106. The van der Waals surface area contributed by atoms with Crippen molar-refractivity contribution in [2.45, 2.75) is 52.4 Å². The first-order valence-electron chi connectivity index (χ1n) is 5.95. The number of alkyl halides is 1. The maximum Gasteiger partial charge on any atom is 0.00649 e. The van der Waals surface area contributed by atoms with Crippen molar-refractivity contribution in [3.8, 4) is 0 Å². The molecule has 0 rings (SSSR count). The van der Waals surface area contributed by atoms with E-state index in [9.17, 15) is 0 Å². The van der Waals surface area contributed by atoms with E-state index in [-0.39, 0.29) is 0 Å². The maximum absolute atomic E-state index is 3.51. The number of halogens is 1. The first kappa shape index (κ1) is 14.8. The number of thioether (sulfide) groups is 1. The Morgan fingerprint density at radius 3 is 2.36 bits per heavy atom. The molecular weight excluding hydrogens is 256 g/mol. The highest BCUT2D eigenvalue weighted by Gasteiger charge is 1.98. The lowest BCUT2D eigenvalue weighted by atomic mass is 10.1. The lowest BCUT2D eigenvalue weighted by molar-refractivity contribution is 0.626. The monoisotopic (exact) mass is 280 g/mol. The van der Waals surface area contributed by atoms with Crippen molar-refractivity contribution < 1.29 is 0 Å². The zero-order valence-corrected chi connectivity index (χ0v) is 12.1. The Morgan fingerprint density at radius 1 is 1.07 bits per heavy atom. The summed E-state index contributed by atoms with van der Waals surface area (Å²) < 4.78 is 0. The highest BCUT2D eigenvalue weighted by molar-refractivity contribution is 9.09. The molecule has 0 aromatic heterocycles. The maximum atomic E-state index is 3.51. The predicted octanol–water partition coefficient (Wildman–Crippen LogP) is 5.11. The van der Waals surface area contributed by atoms with Gasteiger partial charge in [-0.05, 0) is 23.8 Å². The van der Waals surface area contributed by atoms with Gasteiger partial charge in [-0.1, -0.05) is 61.9 Å². The number of hydrogen-bond donors (Lipinski definition) is 0. The molecule has 0 radical (unpaired) electrons. The molecule has 14 heavy (non-hydrogen) atoms. The third-order valence-electron chi connectivity index (χ3n) is 2.31. The summed E-state index contributed by atoms with van der Waals surface area (Å²) in [5, 5.41) is 1.15. The minimum Gasteiger partial charge on any atom is -0.162 e. The second-order valence-electron chi connectivity index (χ2n) is 4.10. The van der Waals surface area contributed by atoms with E-state index in [2.05, 4.69) is 41.5 Å². The van der Waals surface area contributed by atoms with Crippen LogP contribution in [0.2, 0.25) is 0 Å². The average molecular weight is 281 g/mol. The van der Waals surface area contributed by atoms with E-state index < -0.39 is 0 Å². The van der Waals surface area contributed by atoms with Crippen LogP contribution in [0.4, 0.5) is 0 Å². The third kappa shape index (κ3) is 10.9. The van der Waals surface area contributed by atoms with Crippen LogP contribution in [0.15, 0.2) is 0 Å². The zero-order valence-electron chi connectivity index (χ0n) is 9.73. The van der Waals surface area contributed by atoms with Gasteiger partial charge in [0.25, 0.3) is 0 Å². The van der Waals surface area contributed by atoms with Gasteiger partial charge in [-0.25, -0.2) is 0 Å². The van der Waals surface area contributed by atoms with Crippen molar-refractivity contribution in [2.24, 2.45) is 5.92 Å². The highest BCUT2D eigenvalue weighted by Crippen LogP contribution is 2.13. The largest absolute Gasteiger partial charge is 0.162 e. The standard InChI is InChI=1S/C12H25BrS/c1-3-4-5-6-7-8-9-14-11-12(2)10-13/h12H,3-11H2,1-2H3. The Balaban J connectivity index is 2.92. The normalized spacial score (nSPS) is 13.1. The molecule has 0 amide bonds. The Hall–Kier alpha value is 0.830. The van der Waals surface area contributed by atoms with Crippen molar-refractivity contribution in [3.63, 3.8) is 0 Å². The second-order valence-corrected chi connectivity index (χ2v) is 5.90. The molecule has 1 unspecified atom stereocenters. The van der Waals surface area contributed by atoms with Gasteiger partial charge in [0.2, 0.25) is 0 Å². The van der Waals surface area contributed by atoms with E-state index >= 15 is 0 Å². The van der Waals surface area contributed by atoms with Crippen LogP contribution in [0.5, 0.6) is 0 Å². The molecule has 0 saturated heterocycles. The fourth-order valence-electron chi connectivity index (χ4n) is 1.31. The summed E-state index contributed by atoms with van der Waals surface area (Å²) in [4.78, 5) is 0. The van der Waals surface area contributed by atoms with Crippen LogP contribution in [0.3, 0.4) is 0 Å². The van der Waals surface area contributed by atoms with Gasteiger partial charge in [-0.2, -0.15) is 11.8 Å². The molecule has 0 aromatic carbocycles. The van der Waals surface area contributed by atoms with Crippen LogP contribution in [-0.2, 0) is 0 Å². The van der Waals surface area contributed by atoms with Crippen LogP contribution in [0.1, 0.15) is 52.4 Å². The van der Waals surface area contributed by atoms with E-state index in [1.54, 1.807) is 0 Å². The van der Waals surface area contributed by atoms with Crippen molar-refractivity contribution >= 4 is 27.7 Å². The topological polar surface area (TPSA) is 0 Å². The molecule has 0 nitrogen and oxygen atoms in total. The zero-order chi connectivity index (χ0) is 10.6. The second kappa shape index (κ2) is 11.9. The van der Waals surface area contributed by atoms with E-state index in [1.807, 2.05) is 0 Å². The average Bonchev–Trinajstić information content (AvgIpc) is 2.21. The van der Waals surface area contributed by atoms with E-state index in [4.69, 9.17) is 0 Å². The SMILES string of the molecule is CCCCCCCCSCC(C)CBr. The van der Waals surface area contributed by atoms with Crippen LogP contribution in [0, 0.1) is 5.92 Å². The van der Waals surface area contributed by atoms with Crippen molar-refractivity contribution in [1.82, 2.24) is 0 Å². The molecule has 0 aromatic rings. The lowest BCUT2D eigenvalue weighted by Crippen LogP contribution is -1.99. The van der Waals surface area contributed by atoms with Crippen LogP contribution in [0.25, 0.3) is 0 Å². The predicted molar refractivity (Wildman–Crippen MR) is 73.7 cm³/mol. The lowest BCUT2D eigenvalue weighted by Gasteiger charge is -2.06. The van der Waals surface area contributed by atoms with Gasteiger partial charge in [0.1, 0.15) is 0 Å². The molecule has 0 fully saturated rings. The fraction of sp³-hybridized carbons (Fsp3) is 1.00. The summed E-state index contributed by atoms with van der Waals surface area (Å²) in [7, 11) is 0. The Kier molecular flexibility index (Phi) is 12.6. The van der Waals surface area contributed by atoms with Gasteiger partial charge in [0.05, 0.1) is 0 Å². The minimum absolute atomic E-state index is 0.833. The van der Waals surface area contributed by atoms with Gasteiger partial charge in [-0.15, -0.1) is 0 Å². The van der Waals surface area contributed by atoms with Crippen molar-refractivity contribution in [3.05, 3.63) is 0 Å². The number of rotatable bonds is 10. The summed E-state index contributed by atoms with van der Waals surface area (Å²) >= 11 is 5.63. The molecule has 0 aliphatic rings. The molecule has 0 aliphatic heterocycles. The van der Waals surface area contributed by atoms with E-state index in [0.717, 1.165) is 11.2 Å². The van der Waals surface area contributed by atoms with Gasteiger partial charge in [0.15, 0.2) is 0 Å². The summed E-state index contributed by atoms with van der Waals surface area (Å²) in [6, 6.07) is 0. The number of unbranched alkanes of at least 4 members (excludes halogenated alkanes) is 5. The van der Waals surface area contributed by atoms with Gasteiger partial charge >= 0.3 is 0 Å². The van der Waals surface area contributed by atoms with Crippen LogP contribution in [-0.4, -0.2) is 16.8 Å². The molecule has 0 bridgehead atoms. The molecular formula is C12H25BrS. The van der Waals surface area contributed by atoms with Crippen molar-refractivity contribution in [2.75, 3.05) is 16.8 Å². The first-order valence-corrected chi connectivity index (χ1v) is 8.22. The smallest absolute Gasteiger partial charge is 0.00649 e. The molecule has 86 valence electrons. The molecule has 1 atom stereocenters. The summed E-state index contributed by atoms with van der Waals surface area (Å²) in [6.07, 6.45) is 8.53. The van der Waals surface area contributed by atoms with Crippen molar-refractivity contribution in [1.29, 1.82) is 0 Å². The molecule has 0 N–H and O–H groups in total. The molecule has 0 heterocycles. The molecule has 2 heteroatoms. The Labute approximate surface area is 103 Å². The van der Waals surface area contributed by atoms with Crippen LogP contribution >= 0.6 is 27.7 Å². The molecule has 0 aliphatic carbocycles. The van der Waals surface area contributed by atoms with Gasteiger partial charge in [0, 0.05) is 5.33 Å². The summed E-state index contributed by atoms with van der Waals surface area (Å²) in [5.41, 5.74) is 0. The summed E-state index contributed by atoms with van der Waals surface area (Å²) in [6.45, 7) is 4.58. The van der Waals surface area contributed by atoms with Gasteiger partial charge in [-0.3, -0.25) is 0 Å². The summed E-state index contributed by atoms with van der Waals surface area (Å²) in [5.74, 6) is 3.52. The van der Waals surface area contributed by atoms with Gasteiger partial charge < -0.3 is 0 Å². The van der Waals surface area contributed by atoms with E-state index in [1.165, 1.54) is 50.0 Å².